The van der Waals surface area contributed by atoms with Gasteiger partial charge in [-0.2, -0.15) is 0 Å². The Labute approximate surface area is 100.0 Å². The van der Waals surface area contributed by atoms with E-state index in [-0.39, 0.29) is 6.04 Å². The molecule has 0 radical (unpaired) electrons. The van der Waals surface area contributed by atoms with Gasteiger partial charge in [0.2, 0.25) is 0 Å². The van der Waals surface area contributed by atoms with Gasteiger partial charge in [-0.25, -0.2) is 8.78 Å². The Kier molecular flexibility index (Phi) is 3.08. The molecule has 1 unspecified atom stereocenters. The van der Waals surface area contributed by atoms with Gasteiger partial charge < -0.3 is 10.1 Å². The zero-order chi connectivity index (χ0) is 12.6. The van der Waals surface area contributed by atoms with Gasteiger partial charge in [0.05, 0.1) is 0 Å². The molecule has 0 amide bonds. The molecular formula is C13H17F2NO. The van der Waals surface area contributed by atoms with Crippen molar-refractivity contribution in [3.63, 3.8) is 0 Å². The van der Waals surface area contributed by atoms with E-state index in [2.05, 4.69) is 5.32 Å². The molecule has 94 valence electrons. The van der Waals surface area contributed by atoms with E-state index in [1.165, 1.54) is 6.07 Å². The minimum atomic E-state index is -0.603. The van der Waals surface area contributed by atoms with Crippen LogP contribution >= 0.6 is 0 Å². The third kappa shape index (κ3) is 2.41. The molecule has 1 aromatic carbocycles. The smallest absolute Gasteiger partial charge is 0.134 e. The van der Waals surface area contributed by atoms with Gasteiger partial charge in [-0.05, 0) is 20.4 Å². The summed E-state index contributed by atoms with van der Waals surface area (Å²) in [5.74, 6) is -0.833. The molecule has 0 aliphatic carbocycles. The summed E-state index contributed by atoms with van der Waals surface area (Å²) in [6.07, 6.45) is 0.663. The Morgan fingerprint density at radius 1 is 1.41 bits per heavy atom. The number of fused-ring (bicyclic) bond motifs is 1. The van der Waals surface area contributed by atoms with Crippen molar-refractivity contribution in [1.29, 1.82) is 0 Å². The molecule has 1 N–H and O–H groups in total. The third-order valence-corrected chi connectivity index (χ3v) is 2.94. The van der Waals surface area contributed by atoms with E-state index in [1.54, 1.807) is 0 Å². The fourth-order valence-corrected chi connectivity index (χ4v) is 2.34. The maximum Gasteiger partial charge on any atom is 0.134 e. The molecule has 0 spiro atoms. The van der Waals surface area contributed by atoms with Crippen LogP contribution in [0, 0.1) is 11.6 Å². The second-order valence-corrected chi connectivity index (χ2v) is 4.98. The van der Waals surface area contributed by atoms with Crippen molar-refractivity contribution in [2.75, 3.05) is 6.54 Å². The molecule has 1 aromatic rings. The summed E-state index contributed by atoms with van der Waals surface area (Å²) in [5, 5.41) is 3.21. The molecule has 0 fully saturated rings. The van der Waals surface area contributed by atoms with Crippen molar-refractivity contribution in [2.45, 2.75) is 38.8 Å². The fourth-order valence-electron chi connectivity index (χ4n) is 2.34. The lowest BCUT2D eigenvalue weighted by molar-refractivity contribution is 0.0641. The zero-order valence-corrected chi connectivity index (χ0v) is 10.3. The molecule has 0 saturated heterocycles. The largest absolute Gasteiger partial charge is 0.487 e. The molecule has 2 rings (SSSR count). The van der Waals surface area contributed by atoms with Crippen molar-refractivity contribution in [3.8, 4) is 5.75 Å². The quantitative estimate of drug-likeness (QED) is 0.858. The molecular weight excluding hydrogens is 224 g/mol. The summed E-state index contributed by atoms with van der Waals surface area (Å²) in [6, 6.07) is 2.04. The molecule has 0 aromatic heterocycles. The summed E-state index contributed by atoms with van der Waals surface area (Å²) in [6.45, 7) is 6.53. The van der Waals surface area contributed by atoms with Crippen LogP contribution in [-0.4, -0.2) is 12.1 Å². The molecule has 17 heavy (non-hydrogen) atoms. The van der Waals surface area contributed by atoms with E-state index < -0.39 is 17.2 Å². The van der Waals surface area contributed by atoms with E-state index >= 15 is 0 Å². The highest BCUT2D eigenvalue weighted by Crippen LogP contribution is 2.41. The molecule has 1 heterocycles. The Bertz CT molecular complexity index is 432. The summed E-state index contributed by atoms with van der Waals surface area (Å²) in [4.78, 5) is 0. The number of hydrogen-bond donors (Lipinski definition) is 1. The van der Waals surface area contributed by atoms with Gasteiger partial charge >= 0.3 is 0 Å². The van der Waals surface area contributed by atoms with Crippen molar-refractivity contribution < 1.29 is 13.5 Å². The zero-order valence-electron chi connectivity index (χ0n) is 10.3. The van der Waals surface area contributed by atoms with E-state index in [4.69, 9.17) is 4.74 Å². The van der Waals surface area contributed by atoms with E-state index in [0.717, 1.165) is 12.6 Å². The van der Waals surface area contributed by atoms with Crippen molar-refractivity contribution in [2.24, 2.45) is 0 Å². The van der Waals surface area contributed by atoms with Crippen LogP contribution in [0.25, 0.3) is 0 Å². The van der Waals surface area contributed by atoms with Crippen molar-refractivity contribution >= 4 is 0 Å². The van der Waals surface area contributed by atoms with Crippen LogP contribution in [0.2, 0.25) is 0 Å². The topological polar surface area (TPSA) is 21.3 Å². The lowest BCUT2D eigenvalue weighted by Crippen LogP contribution is -2.40. The van der Waals surface area contributed by atoms with Gasteiger partial charge in [0.25, 0.3) is 0 Å². The Hall–Kier alpha value is -1.16. The molecule has 4 heteroatoms. The Morgan fingerprint density at radius 2 is 2.12 bits per heavy atom. The van der Waals surface area contributed by atoms with Crippen LogP contribution in [0.3, 0.4) is 0 Å². The first-order valence-electron chi connectivity index (χ1n) is 5.84. The summed E-state index contributed by atoms with van der Waals surface area (Å²) in [7, 11) is 0. The first-order chi connectivity index (χ1) is 7.93. The van der Waals surface area contributed by atoms with Crippen LogP contribution in [0.5, 0.6) is 5.75 Å². The van der Waals surface area contributed by atoms with Crippen LogP contribution in [-0.2, 0) is 0 Å². The second-order valence-electron chi connectivity index (χ2n) is 4.98. The number of nitrogens with one attached hydrogen (secondary N) is 1. The highest BCUT2D eigenvalue weighted by atomic mass is 19.1. The predicted octanol–water partition coefficient (Wildman–Crippen LogP) is 3.18. The monoisotopic (exact) mass is 241 g/mol. The standard InChI is InChI=1S/C13H17F2NO/c1-4-16-10-7-13(2,3)17-11-6-8(14)5-9(15)12(10)11/h5-6,10,16H,4,7H2,1-3H3. The van der Waals surface area contributed by atoms with E-state index in [9.17, 15) is 8.78 Å². The fraction of sp³-hybridized carbons (Fsp3) is 0.538. The normalized spacial score (nSPS) is 21.8. The summed E-state index contributed by atoms with van der Waals surface area (Å²) >= 11 is 0. The minimum absolute atomic E-state index is 0.126. The number of rotatable bonds is 2. The first kappa shape index (κ1) is 12.3. The maximum absolute atomic E-state index is 13.8. The summed E-state index contributed by atoms with van der Waals surface area (Å²) < 4.78 is 32.6. The van der Waals surface area contributed by atoms with Crippen LogP contribution in [0.15, 0.2) is 12.1 Å². The SMILES string of the molecule is CCNC1CC(C)(C)Oc2cc(F)cc(F)c21. The van der Waals surface area contributed by atoms with Crippen LogP contribution < -0.4 is 10.1 Å². The van der Waals surface area contributed by atoms with Gasteiger partial charge in [0.1, 0.15) is 23.0 Å². The van der Waals surface area contributed by atoms with Gasteiger partial charge in [0, 0.05) is 30.2 Å². The Balaban J connectivity index is 2.48. The van der Waals surface area contributed by atoms with Crippen molar-refractivity contribution in [3.05, 3.63) is 29.3 Å². The number of hydrogen-bond acceptors (Lipinski definition) is 2. The van der Waals surface area contributed by atoms with Gasteiger partial charge in [-0.15, -0.1) is 0 Å². The average Bonchev–Trinajstić information content (AvgIpc) is 2.13. The van der Waals surface area contributed by atoms with Gasteiger partial charge in [-0.3, -0.25) is 0 Å². The molecule has 0 bridgehead atoms. The summed E-state index contributed by atoms with van der Waals surface area (Å²) in [5.41, 5.74) is 0.0210. The van der Waals surface area contributed by atoms with Crippen LogP contribution in [0.1, 0.15) is 38.8 Å². The molecule has 0 saturated carbocycles. The second kappa shape index (κ2) is 4.26. The van der Waals surface area contributed by atoms with Gasteiger partial charge in [-0.1, -0.05) is 6.92 Å². The van der Waals surface area contributed by atoms with E-state index in [1.807, 2.05) is 20.8 Å². The highest BCUT2D eigenvalue weighted by Gasteiger charge is 2.35. The predicted molar refractivity (Wildman–Crippen MR) is 62.1 cm³/mol. The molecule has 1 atom stereocenters. The number of halogens is 2. The van der Waals surface area contributed by atoms with E-state index in [0.29, 0.717) is 17.7 Å². The number of benzene rings is 1. The highest BCUT2D eigenvalue weighted by molar-refractivity contribution is 5.40. The lowest BCUT2D eigenvalue weighted by Gasteiger charge is -2.38. The molecule has 2 nitrogen and oxygen atoms in total. The van der Waals surface area contributed by atoms with Gasteiger partial charge in [0.15, 0.2) is 0 Å². The lowest BCUT2D eigenvalue weighted by atomic mass is 9.89. The Morgan fingerprint density at radius 3 is 2.76 bits per heavy atom. The minimum Gasteiger partial charge on any atom is -0.487 e. The number of ether oxygens (including phenoxy) is 1. The first-order valence-corrected chi connectivity index (χ1v) is 5.84. The third-order valence-electron chi connectivity index (χ3n) is 2.94. The maximum atomic E-state index is 13.8. The average molecular weight is 241 g/mol. The van der Waals surface area contributed by atoms with Crippen LogP contribution in [0.4, 0.5) is 8.78 Å². The van der Waals surface area contributed by atoms with Crippen molar-refractivity contribution in [1.82, 2.24) is 5.32 Å². The molecule has 1 aliphatic rings. The molecule has 1 aliphatic heterocycles.